The molecule has 1 unspecified atom stereocenters. The van der Waals surface area contributed by atoms with Crippen LogP contribution in [0.15, 0.2) is 87.9 Å². The number of rotatable bonds is 8. The van der Waals surface area contributed by atoms with E-state index in [0.29, 0.717) is 37.0 Å². The molecule has 0 amide bonds. The van der Waals surface area contributed by atoms with Crippen LogP contribution < -0.4 is 14.9 Å². The average molecular weight is 579 g/mol. The third-order valence-electron chi connectivity index (χ3n) is 6.33. The molecule has 4 aromatic rings. The molecule has 0 N–H and O–H groups in total. The fourth-order valence-corrected chi connectivity index (χ4v) is 5.63. The molecule has 1 aliphatic heterocycles. The van der Waals surface area contributed by atoms with Crippen LogP contribution in [0.1, 0.15) is 24.2 Å². The van der Waals surface area contributed by atoms with Gasteiger partial charge >= 0.3 is 5.97 Å². The van der Waals surface area contributed by atoms with E-state index in [0.717, 1.165) is 0 Å². The van der Waals surface area contributed by atoms with Crippen molar-refractivity contribution in [2.75, 3.05) is 20.3 Å². The van der Waals surface area contributed by atoms with Crippen LogP contribution in [-0.4, -0.2) is 40.4 Å². The number of ether oxygens (including phenoxy) is 2. The highest BCUT2D eigenvalue weighted by atomic mass is 35.5. The SMILES string of the molecule is COCCOC(=O)C1=C(C)N=c2sc(=Cc3cccn3-c3cccc([N+](=O)[O-])c3)c(=O)n2C1c1ccc(Cl)cc1. The van der Waals surface area contributed by atoms with Crippen LogP contribution in [0.4, 0.5) is 5.69 Å². The van der Waals surface area contributed by atoms with E-state index in [-0.39, 0.29) is 30.0 Å². The number of benzene rings is 2. The number of esters is 1. The Morgan fingerprint density at radius 1 is 1.18 bits per heavy atom. The van der Waals surface area contributed by atoms with Crippen molar-refractivity contribution in [2.45, 2.75) is 13.0 Å². The summed E-state index contributed by atoms with van der Waals surface area (Å²) in [5.74, 6) is -0.591. The maximum Gasteiger partial charge on any atom is 0.338 e. The van der Waals surface area contributed by atoms with Crippen molar-refractivity contribution in [3.8, 4) is 5.69 Å². The molecule has 0 bridgehead atoms. The predicted octanol–water partition coefficient (Wildman–Crippen LogP) is 3.78. The first-order chi connectivity index (χ1) is 19.3. The van der Waals surface area contributed by atoms with Gasteiger partial charge in [0, 0.05) is 36.2 Å². The second kappa shape index (κ2) is 11.4. The van der Waals surface area contributed by atoms with Crippen molar-refractivity contribution < 1.29 is 19.2 Å². The zero-order valence-electron chi connectivity index (χ0n) is 21.4. The Balaban J connectivity index is 1.64. The van der Waals surface area contributed by atoms with Crippen molar-refractivity contribution in [1.82, 2.24) is 9.13 Å². The summed E-state index contributed by atoms with van der Waals surface area (Å²) >= 11 is 7.31. The van der Waals surface area contributed by atoms with Crippen LogP contribution in [-0.2, 0) is 14.3 Å². The van der Waals surface area contributed by atoms with Crippen molar-refractivity contribution in [3.05, 3.63) is 124 Å². The van der Waals surface area contributed by atoms with Crippen LogP contribution in [0.3, 0.4) is 0 Å². The van der Waals surface area contributed by atoms with Crippen LogP contribution in [0.5, 0.6) is 0 Å². The van der Waals surface area contributed by atoms with Crippen LogP contribution in [0, 0.1) is 10.1 Å². The average Bonchev–Trinajstić information content (AvgIpc) is 3.52. The number of nitrogens with zero attached hydrogens (tertiary/aromatic N) is 4. The fourth-order valence-electron chi connectivity index (χ4n) is 4.48. The highest BCUT2D eigenvalue weighted by molar-refractivity contribution is 7.07. The van der Waals surface area contributed by atoms with Gasteiger partial charge in [0.25, 0.3) is 11.2 Å². The van der Waals surface area contributed by atoms with Gasteiger partial charge in [-0.25, -0.2) is 9.79 Å². The summed E-state index contributed by atoms with van der Waals surface area (Å²) in [6, 6.07) is 16.0. The fraction of sp³-hybridized carbons (Fsp3) is 0.179. The molecular formula is C28H23ClN4O6S. The summed E-state index contributed by atoms with van der Waals surface area (Å²) in [6.45, 7) is 1.99. The third-order valence-corrected chi connectivity index (χ3v) is 7.56. The van der Waals surface area contributed by atoms with Crippen molar-refractivity contribution in [3.63, 3.8) is 0 Å². The molecule has 0 fully saturated rings. The number of hydrogen-bond acceptors (Lipinski definition) is 8. The molecule has 2 aromatic carbocycles. The second-order valence-corrected chi connectivity index (χ2v) is 10.3. The van der Waals surface area contributed by atoms with E-state index in [1.807, 2.05) is 0 Å². The largest absolute Gasteiger partial charge is 0.460 e. The molecule has 1 aliphatic rings. The quantitative estimate of drug-likeness (QED) is 0.136. The lowest BCUT2D eigenvalue weighted by Crippen LogP contribution is -2.40. The van der Waals surface area contributed by atoms with Crippen LogP contribution >= 0.6 is 22.9 Å². The minimum atomic E-state index is -0.783. The molecule has 2 aromatic heterocycles. The monoisotopic (exact) mass is 578 g/mol. The molecule has 5 rings (SSSR count). The molecule has 12 heteroatoms. The van der Waals surface area contributed by atoms with E-state index in [2.05, 4.69) is 4.99 Å². The van der Waals surface area contributed by atoms with Crippen LogP contribution in [0.2, 0.25) is 5.02 Å². The molecule has 0 spiro atoms. The second-order valence-electron chi connectivity index (χ2n) is 8.84. The first-order valence-electron chi connectivity index (χ1n) is 12.1. The summed E-state index contributed by atoms with van der Waals surface area (Å²) in [7, 11) is 1.51. The number of carbonyl (C=O) groups excluding carboxylic acids is 1. The minimum Gasteiger partial charge on any atom is -0.460 e. The zero-order valence-corrected chi connectivity index (χ0v) is 23.0. The Kier molecular flexibility index (Phi) is 7.78. The van der Waals surface area contributed by atoms with Gasteiger partial charge in [-0.05, 0) is 48.9 Å². The molecule has 3 heterocycles. The smallest absolute Gasteiger partial charge is 0.338 e. The predicted molar refractivity (Wildman–Crippen MR) is 150 cm³/mol. The number of allylic oxidation sites excluding steroid dienone is 1. The Morgan fingerprint density at radius 3 is 2.67 bits per heavy atom. The number of carbonyl (C=O) groups is 1. The van der Waals surface area contributed by atoms with E-state index < -0.39 is 16.9 Å². The van der Waals surface area contributed by atoms with Gasteiger partial charge in [0.15, 0.2) is 4.80 Å². The summed E-state index contributed by atoms with van der Waals surface area (Å²) in [6.07, 6.45) is 3.47. The molecule has 1 atom stereocenters. The first-order valence-corrected chi connectivity index (χ1v) is 13.3. The number of nitro benzene ring substituents is 1. The van der Waals surface area contributed by atoms with Crippen molar-refractivity contribution in [1.29, 1.82) is 0 Å². The molecule has 0 saturated heterocycles. The Labute approximate surface area is 236 Å². The number of aromatic nitrogens is 2. The van der Waals surface area contributed by atoms with E-state index in [9.17, 15) is 19.7 Å². The molecule has 0 radical (unpaired) electrons. The van der Waals surface area contributed by atoms with E-state index >= 15 is 0 Å². The van der Waals surface area contributed by atoms with Crippen molar-refractivity contribution in [2.24, 2.45) is 4.99 Å². The number of halogens is 1. The van der Waals surface area contributed by atoms with Gasteiger partial charge in [0.1, 0.15) is 6.61 Å². The maximum absolute atomic E-state index is 13.9. The molecule has 204 valence electrons. The Morgan fingerprint density at radius 2 is 1.95 bits per heavy atom. The van der Waals surface area contributed by atoms with Gasteiger partial charge < -0.3 is 14.0 Å². The zero-order chi connectivity index (χ0) is 28.4. The van der Waals surface area contributed by atoms with Gasteiger partial charge in [-0.15, -0.1) is 0 Å². The van der Waals surface area contributed by atoms with Gasteiger partial charge in [-0.3, -0.25) is 19.5 Å². The Bertz CT molecular complexity index is 1820. The third kappa shape index (κ3) is 5.26. The molecular weight excluding hydrogens is 556 g/mol. The summed E-state index contributed by atoms with van der Waals surface area (Å²) in [5.41, 5.74) is 2.19. The van der Waals surface area contributed by atoms with Gasteiger partial charge in [-0.2, -0.15) is 0 Å². The van der Waals surface area contributed by atoms with E-state index in [1.165, 1.54) is 35.1 Å². The molecule has 0 aliphatic carbocycles. The van der Waals surface area contributed by atoms with Gasteiger partial charge in [0.2, 0.25) is 0 Å². The molecule has 0 saturated carbocycles. The summed E-state index contributed by atoms with van der Waals surface area (Å²) in [5, 5.41) is 11.8. The standard InChI is InChI=1S/C28H23ClN4O6S/c1-17-24(27(35)39-14-13-38-2)25(18-8-10-19(29)11-9-18)32-26(34)23(40-28(32)30-17)16-21-7-4-12-31(21)20-5-3-6-22(15-20)33(36)37/h3-12,15-16,25H,13-14H2,1-2H3. The van der Waals surface area contributed by atoms with Crippen molar-refractivity contribution >= 4 is 40.7 Å². The number of hydrogen-bond donors (Lipinski definition) is 0. The molecule has 40 heavy (non-hydrogen) atoms. The summed E-state index contributed by atoms with van der Waals surface area (Å²) < 4.78 is 14.0. The Hall–Kier alpha value is -4.32. The number of thiazole rings is 1. The number of fused-ring (bicyclic) bond motifs is 1. The lowest BCUT2D eigenvalue weighted by molar-refractivity contribution is -0.384. The lowest BCUT2D eigenvalue weighted by atomic mass is 9.96. The first kappa shape index (κ1) is 27.3. The lowest BCUT2D eigenvalue weighted by Gasteiger charge is -2.24. The number of methoxy groups -OCH3 is 1. The maximum atomic E-state index is 13.9. The number of nitro groups is 1. The number of non-ortho nitro benzene ring substituents is 1. The highest BCUT2D eigenvalue weighted by Crippen LogP contribution is 2.31. The normalized spacial score (nSPS) is 15.1. The van der Waals surface area contributed by atoms with Gasteiger partial charge in [-0.1, -0.05) is 41.1 Å². The van der Waals surface area contributed by atoms with E-state index in [1.54, 1.807) is 72.3 Å². The topological polar surface area (TPSA) is 118 Å². The highest BCUT2D eigenvalue weighted by Gasteiger charge is 2.33. The van der Waals surface area contributed by atoms with E-state index in [4.69, 9.17) is 21.1 Å². The van der Waals surface area contributed by atoms with Gasteiger partial charge in [0.05, 0.1) is 39.1 Å². The minimum absolute atomic E-state index is 0.0418. The molecule has 10 nitrogen and oxygen atoms in total. The van der Waals surface area contributed by atoms with Crippen LogP contribution in [0.25, 0.3) is 11.8 Å². The summed E-state index contributed by atoms with van der Waals surface area (Å²) in [4.78, 5) is 42.9.